The fourth-order valence-electron chi connectivity index (χ4n) is 10.2. The van der Waals surface area contributed by atoms with E-state index in [1.807, 2.05) is 17.6 Å². The second kappa shape index (κ2) is 15.8. The number of imidazole rings is 1. The van der Waals surface area contributed by atoms with Gasteiger partial charge < -0.3 is 14.2 Å². The SMILES string of the molecule is CC[S@](=O)(=NC)c1ccc(-n2ccn(-c3c4c(nn3-c3cc(C)c(F)c(C)c3)CCN(C(=O)c3cc5cc(C6CCOCC6)ccc5n3[C@@]3(c5noc(=O)[nH]5)C[C@@H]3C)[C@H]4C)c2=O)c(Cl)c1. The van der Waals surface area contributed by atoms with Crippen molar-refractivity contribution in [3.63, 3.8) is 0 Å². The number of aromatic nitrogens is 7. The quantitative estimate of drug-likeness (QED) is 0.153. The van der Waals surface area contributed by atoms with Crippen LogP contribution in [-0.4, -0.2) is 81.2 Å². The molecule has 2 aliphatic heterocycles. The third-order valence-electron chi connectivity index (χ3n) is 13.9. The Bertz CT molecular complexity index is 3300. The minimum absolute atomic E-state index is 0.0106. The molecule has 4 atom stereocenters. The third-order valence-corrected chi connectivity index (χ3v) is 16.5. The molecule has 3 aromatic carbocycles. The Morgan fingerprint density at radius 2 is 1.75 bits per heavy atom. The van der Waals surface area contributed by atoms with Crippen molar-refractivity contribution in [2.24, 2.45) is 10.3 Å². The number of hydrogen-bond acceptors (Lipinski definition) is 9. The number of hydrogen-bond donors (Lipinski definition) is 1. The summed E-state index contributed by atoms with van der Waals surface area (Å²) < 4.78 is 49.9. The van der Waals surface area contributed by atoms with Gasteiger partial charge in [-0.2, -0.15) is 5.10 Å². The Morgan fingerprint density at radius 1 is 1.03 bits per heavy atom. The molecule has 1 amide bonds. The zero-order valence-corrected chi connectivity index (χ0v) is 38.5. The van der Waals surface area contributed by atoms with Gasteiger partial charge >= 0.3 is 11.4 Å². The van der Waals surface area contributed by atoms with E-state index in [4.69, 9.17) is 26.0 Å². The summed E-state index contributed by atoms with van der Waals surface area (Å²) in [6.07, 6.45) is 6.01. The Balaban J connectivity index is 1.12. The van der Waals surface area contributed by atoms with Gasteiger partial charge in [0, 0.05) is 72.7 Å². The van der Waals surface area contributed by atoms with Crippen molar-refractivity contribution in [2.75, 3.05) is 32.6 Å². The summed E-state index contributed by atoms with van der Waals surface area (Å²) >= 11 is 6.83. The first-order chi connectivity index (χ1) is 31.2. The number of carbonyl (C=O) groups excluding carboxylic acids is 1. The summed E-state index contributed by atoms with van der Waals surface area (Å²) in [5.74, 6) is 0.123. The van der Waals surface area contributed by atoms with Gasteiger partial charge in [0.25, 0.3) is 5.91 Å². The minimum atomic E-state index is -2.69. The standard InChI is InChI=1S/C47H49ClFN9O6S/c1-7-65(62,50-6)34-9-11-38(35(48)24-34)55-16-17-56(46(55)61)42-40-29(5)54(15-12-36(40)52-58(42)33-20-26(2)41(49)27(3)21-33)43(59)39-23-32-22-31(30-13-18-63-19-14-30)8-10-37(32)57(39)47(25-28(47)4)44-51-45(60)64-53-44/h8-11,16-17,20-24,28-30H,7,12-15,18-19,25H2,1-6H3,(H,51,53,60)/t28-,29-,47-,65+/m0/s1. The number of rotatable bonds is 9. The van der Waals surface area contributed by atoms with E-state index >= 15 is 9.18 Å². The molecule has 2 fully saturated rings. The summed E-state index contributed by atoms with van der Waals surface area (Å²) in [5, 5.41) is 10.4. The molecule has 1 saturated heterocycles. The van der Waals surface area contributed by atoms with Gasteiger partial charge in [-0.3, -0.25) is 23.4 Å². The highest BCUT2D eigenvalue weighted by Gasteiger charge is 2.59. The zero-order valence-electron chi connectivity index (χ0n) is 36.9. The largest absolute Gasteiger partial charge is 0.438 e. The normalized spacial score (nSPS) is 20.8. The highest BCUT2D eigenvalue weighted by Crippen LogP contribution is 2.56. The van der Waals surface area contributed by atoms with Gasteiger partial charge in [-0.05, 0) is 117 Å². The van der Waals surface area contributed by atoms with E-state index < -0.39 is 32.8 Å². The van der Waals surface area contributed by atoms with Crippen molar-refractivity contribution >= 4 is 38.1 Å². The van der Waals surface area contributed by atoms with Crippen LogP contribution in [0.3, 0.4) is 0 Å². The molecule has 1 saturated carbocycles. The molecule has 10 rings (SSSR count). The molecule has 65 heavy (non-hydrogen) atoms. The van der Waals surface area contributed by atoms with Gasteiger partial charge in [0.05, 0.1) is 37.9 Å². The van der Waals surface area contributed by atoms with Crippen molar-refractivity contribution in [3.05, 3.63) is 138 Å². The van der Waals surface area contributed by atoms with E-state index in [-0.39, 0.29) is 22.7 Å². The number of amides is 1. The van der Waals surface area contributed by atoms with Gasteiger partial charge in [-0.15, -0.1) is 0 Å². The van der Waals surface area contributed by atoms with Crippen LogP contribution in [0.5, 0.6) is 0 Å². The highest BCUT2D eigenvalue weighted by molar-refractivity contribution is 7.93. The molecular weight excluding hydrogens is 873 g/mol. The minimum Gasteiger partial charge on any atom is -0.381 e. The lowest BCUT2D eigenvalue weighted by atomic mass is 9.91. The van der Waals surface area contributed by atoms with E-state index in [1.165, 1.54) is 21.7 Å². The van der Waals surface area contributed by atoms with Crippen molar-refractivity contribution in [3.8, 4) is 17.2 Å². The molecule has 0 bridgehead atoms. The topological polar surface area (TPSA) is 168 Å². The summed E-state index contributed by atoms with van der Waals surface area (Å²) in [5.41, 5.74) is 4.19. The molecule has 18 heteroatoms. The van der Waals surface area contributed by atoms with E-state index in [0.717, 1.165) is 23.7 Å². The number of fused-ring (bicyclic) bond motifs is 2. The maximum atomic E-state index is 15.5. The van der Waals surface area contributed by atoms with Crippen LogP contribution in [0.1, 0.15) is 96.3 Å². The maximum absolute atomic E-state index is 15.5. The van der Waals surface area contributed by atoms with Gasteiger partial charge in [0.2, 0.25) is 0 Å². The van der Waals surface area contributed by atoms with Crippen LogP contribution in [0.25, 0.3) is 28.1 Å². The molecule has 338 valence electrons. The molecular formula is C47H49ClFN9O6S. The molecule has 0 radical (unpaired) electrons. The van der Waals surface area contributed by atoms with Gasteiger partial charge in [-0.25, -0.2) is 27.2 Å². The number of H-pyrrole nitrogens is 1. The molecule has 0 spiro atoms. The molecule has 4 aromatic heterocycles. The van der Waals surface area contributed by atoms with Crippen molar-refractivity contribution in [1.29, 1.82) is 0 Å². The van der Waals surface area contributed by atoms with E-state index in [1.54, 1.807) is 73.1 Å². The molecule has 1 aliphatic carbocycles. The van der Waals surface area contributed by atoms with Crippen LogP contribution in [0.15, 0.2) is 90.4 Å². The Hall–Kier alpha value is -6.04. The fourth-order valence-corrected chi connectivity index (χ4v) is 11.9. The monoisotopic (exact) mass is 921 g/mol. The molecule has 7 aromatic rings. The second-order valence-corrected chi connectivity index (χ2v) is 20.6. The van der Waals surface area contributed by atoms with Crippen molar-refractivity contribution in [1.82, 2.24) is 38.5 Å². The summed E-state index contributed by atoms with van der Waals surface area (Å²) in [7, 11) is -1.18. The number of aryl methyl sites for hydroxylation is 2. The van der Waals surface area contributed by atoms with Crippen molar-refractivity contribution in [2.45, 2.75) is 82.7 Å². The van der Waals surface area contributed by atoms with Crippen LogP contribution >= 0.6 is 11.6 Å². The smallest absolute Gasteiger partial charge is 0.381 e. The number of ether oxygens (including phenoxy) is 1. The van der Waals surface area contributed by atoms with E-state index in [9.17, 15) is 13.8 Å². The van der Waals surface area contributed by atoms with Crippen LogP contribution in [0.4, 0.5) is 4.39 Å². The first-order valence-corrected chi connectivity index (χ1v) is 24.0. The number of nitrogens with one attached hydrogen (secondary N) is 1. The van der Waals surface area contributed by atoms with Gasteiger partial charge in [0.15, 0.2) is 5.82 Å². The summed E-state index contributed by atoms with van der Waals surface area (Å²) in [6.45, 7) is 10.8. The Labute approximate surface area is 378 Å². The van der Waals surface area contributed by atoms with Gasteiger partial charge in [-0.1, -0.05) is 36.7 Å². The highest BCUT2D eigenvalue weighted by atomic mass is 35.5. The lowest BCUT2D eigenvalue weighted by Crippen LogP contribution is -2.41. The second-order valence-electron chi connectivity index (χ2n) is 17.5. The lowest BCUT2D eigenvalue weighted by Gasteiger charge is -2.34. The Kier molecular flexibility index (Phi) is 10.5. The number of aromatic amines is 1. The average Bonchev–Trinajstić information content (AvgIpc) is 3.80. The van der Waals surface area contributed by atoms with E-state index in [2.05, 4.69) is 39.6 Å². The van der Waals surface area contributed by atoms with Crippen molar-refractivity contribution < 1.29 is 22.7 Å². The van der Waals surface area contributed by atoms with Crippen LogP contribution in [-0.2, 0) is 26.4 Å². The summed E-state index contributed by atoms with van der Waals surface area (Å²) in [4.78, 5) is 47.7. The third kappa shape index (κ3) is 6.75. The molecule has 3 aliphatic rings. The molecule has 0 unspecified atom stereocenters. The van der Waals surface area contributed by atoms with Crippen LogP contribution < -0.4 is 11.4 Å². The van der Waals surface area contributed by atoms with Crippen LogP contribution in [0.2, 0.25) is 5.02 Å². The number of carbonyl (C=O) groups is 1. The summed E-state index contributed by atoms with van der Waals surface area (Å²) in [6, 6.07) is 16.0. The first-order valence-electron chi connectivity index (χ1n) is 21.9. The lowest BCUT2D eigenvalue weighted by molar-refractivity contribution is 0.0663. The van der Waals surface area contributed by atoms with Gasteiger partial charge in [0.1, 0.15) is 22.9 Å². The zero-order chi connectivity index (χ0) is 45.7. The van der Waals surface area contributed by atoms with Crippen LogP contribution in [0, 0.1) is 25.6 Å². The maximum Gasteiger partial charge on any atom is 0.438 e. The first kappa shape index (κ1) is 42.9. The molecule has 15 nitrogen and oxygen atoms in total. The fraction of sp³-hybridized carbons (Fsp3) is 0.383. The predicted molar refractivity (Wildman–Crippen MR) is 244 cm³/mol. The Morgan fingerprint density at radius 3 is 2.40 bits per heavy atom. The average molecular weight is 922 g/mol. The molecule has 6 heterocycles. The number of benzene rings is 3. The predicted octanol–water partition coefficient (Wildman–Crippen LogP) is 7.77. The molecule has 1 N–H and O–H groups in total. The van der Waals surface area contributed by atoms with E-state index in [0.29, 0.717) is 100 Å². The number of halogens is 2. The number of nitrogens with zero attached hydrogens (tertiary/aromatic N) is 8.